The van der Waals surface area contributed by atoms with Gasteiger partial charge in [0.2, 0.25) is 5.91 Å². The van der Waals surface area contributed by atoms with Crippen molar-refractivity contribution in [1.82, 2.24) is 4.90 Å². The Labute approximate surface area is 172 Å². The summed E-state index contributed by atoms with van der Waals surface area (Å²) in [7, 11) is 0. The Morgan fingerprint density at radius 1 is 1.14 bits per heavy atom. The second-order valence-electron chi connectivity index (χ2n) is 7.00. The van der Waals surface area contributed by atoms with Crippen LogP contribution in [0.1, 0.15) is 31.9 Å². The largest absolute Gasteiger partial charge is 0.416 e. The molecule has 0 heterocycles. The molecule has 2 aromatic carbocycles. The van der Waals surface area contributed by atoms with Crippen LogP contribution in [0.15, 0.2) is 48.5 Å². The lowest BCUT2D eigenvalue weighted by Gasteiger charge is -2.34. The smallest absolute Gasteiger partial charge is 0.346 e. The van der Waals surface area contributed by atoms with Crippen molar-refractivity contribution in [2.24, 2.45) is 5.92 Å². The van der Waals surface area contributed by atoms with Crippen molar-refractivity contribution in [3.63, 3.8) is 0 Å². The van der Waals surface area contributed by atoms with Gasteiger partial charge in [0.25, 0.3) is 0 Å². The van der Waals surface area contributed by atoms with Crippen LogP contribution < -0.4 is 5.32 Å². The van der Waals surface area contributed by atoms with Crippen molar-refractivity contribution in [2.75, 3.05) is 5.32 Å². The summed E-state index contributed by atoms with van der Waals surface area (Å²) in [6.07, 6.45) is -4.61. The quantitative estimate of drug-likeness (QED) is 0.478. The van der Waals surface area contributed by atoms with Crippen molar-refractivity contribution < 1.29 is 22.4 Å². The van der Waals surface area contributed by atoms with Gasteiger partial charge in [-0.3, -0.25) is 4.79 Å². The highest BCUT2D eigenvalue weighted by molar-refractivity contribution is 7.80. The number of hydrogen-bond acceptors (Lipinski definition) is 2. The molecule has 0 bridgehead atoms. The van der Waals surface area contributed by atoms with Gasteiger partial charge in [0.05, 0.1) is 17.3 Å². The molecular formula is C21H22F4N2OS. The normalized spacial score (nSPS) is 12.6. The maximum absolute atomic E-state index is 14.1. The van der Waals surface area contributed by atoms with E-state index in [1.54, 1.807) is 0 Å². The molecule has 3 nitrogen and oxygen atoms in total. The van der Waals surface area contributed by atoms with E-state index in [1.807, 2.05) is 44.2 Å². The molecule has 1 N–H and O–H groups in total. The molecule has 2 aromatic rings. The summed E-state index contributed by atoms with van der Waals surface area (Å²) >= 11 is 5.39. The van der Waals surface area contributed by atoms with E-state index in [0.717, 1.165) is 11.6 Å². The number of carbonyl (C=O) groups is 1. The first-order chi connectivity index (χ1) is 13.5. The Bertz CT molecular complexity index is 869. The zero-order valence-corrected chi connectivity index (χ0v) is 17.1. The summed E-state index contributed by atoms with van der Waals surface area (Å²) in [4.78, 5) is 13.9. The molecule has 0 fully saturated rings. The van der Waals surface area contributed by atoms with E-state index in [-0.39, 0.29) is 29.0 Å². The summed E-state index contributed by atoms with van der Waals surface area (Å²) in [5.41, 5.74) is -0.488. The van der Waals surface area contributed by atoms with Gasteiger partial charge >= 0.3 is 6.18 Å². The summed E-state index contributed by atoms with van der Waals surface area (Å²) in [6.45, 7) is 5.34. The molecular weight excluding hydrogens is 404 g/mol. The molecule has 1 atom stereocenters. The van der Waals surface area contributed by atoms with Crippen LogP contribution in [0, 0.1) is 11.7 Å². The topological polar surface area (TPSA) is 32.3 Å². The highest BCUT2D eigenvalue weighted by Crippen LogP contribution is 2.32. The van der Waals surface area contributed by atoms with Gasteiger partial charge in [-0.05, 0) is 29.7 Å². The van der Waals surface area contributed by atoms with Crippen LogP contribution in [-0.4, -0.2) is 21.8 Å². The average Bonchev–Trinajstić information content (AvgIpc) is 2.62. The van der Waals surface area contributed by atoms with Gasteiger partial charge in [-0.15, -0.1) is 0 Å². The molecule has 0 radical (unpaired) electrons. The van der Waals surface area contributed by atoms with E-state index >= 15 is 0 Å². The summed E-state index contributed by atoms with van der Waals surface area (Å²) in [6, 6.07) is 10.7. The minimum Gasteiger partial charge on any atom is -0.346 e. The third-order valence-corrected chi connectivity index (χ3v) is 4.73. The Hall–Kier alpha value is -2.48. The fourth-order valence-electron chi connectivity index (χ4n) is 2.99. The number of nitrogens with one attached hydrogen (secondary N) is 1. The zero-order valence-electron chi connectivity index (χ0n) is 16.3. The van der Waals surface area contributed by atoms with Crippen molar-refractivity contribution in [1.29, 1.82) is 0 Å². The van der Waals surface area contributed by atoms with E-state index in [9.17, 15) is 22.4 Å². The number of anilines is 1. The minimum atomic E-state index is -4.61. The van der Waals surface area contributed by atoms with Crippen LogP contribution >= 0.6 is 12.2 Å². The fourth-order valence-corrected chi connectivity index (χ4v) is 3.50. The molecule has 1 amide bonds. The Morgan fingerprint density at radius 3 is 2.28 bits per heavy atom. The first-order valence-corrected chi connectivity index (χ1v) is 9.40. The molecule has 29 heavy (non-hydrogen) atoms. The lowest BCUT2D eigenvalue weighted by Crippen LogP contribution is -2.48. The number of nitrogens with zero attached hydrogens (tertiary/aromatic N) is 1. The molecule has 8 heteroatoms. The third kappa shape index (κ3) is 6.00. The second kappa shape index (κ2) is 9.35. The molecule has 0 spiro atoms. The van der Waals surface area contributed by atoms with Crippen LogP contribution in [0.5, 0.6) is 0 Å². The Balaban J connectivity index is 2.32. The first kappa shape index (κ1) is 22.8. The van der Waals surface area contributed by atoms with E-state index in [0.29, 0.717) is 12.1 Å². The third-order valence-electron chi connectivity index (χ3n) is 4.39. The molecule has 0 aliphatic rings. The highest BCUT2D eigenvalue weighted by atomic mass is 32.1. The Kier molecular flexibility index (Phi) is 7.35. The molecule has 1 unspecified atom stereocenters. The van der Waals surface area contributed by atoms with Crippen LogP contribution in [0.25, 0.3) is 0 Å². The lowest BCUT2D eigenvalue weighted by atomic mass is 10.0. The van der Waals surface area contributed by atoms with Crippen molar-refractivity contribution >= 4 is 28.8 Å². The summed E-state index contributed by atoms with van der Waals surface area (Å²) in [5, 5.41) is 2.59. The van der Waals surface area contributed by atoms with Crippen LogP contribution in [0.4, 0.5) is 23.2 Å². The van der Waals surface area contributed by atoms with Crippen molar-refractivity contribution in [2.45, 2.75) is 39.5 Å². The standard InChI is InChI=1S/C21H22F4N2OS/c1-13(2)19(27(14(3)28)12-15-7-5-4-6-8-15)20(29)26-18-11-16(21(23,24)25)9-10-17(18)22/h4-11,13,19H,12H2,1-3H3,(H,26,29). The van der Waals surface area contributed by atoms with Gasteiger partial charge in [0, 0.05) is 13.5 Å². The van der Waals surface area contributed by atoms with E-state index in [1.165, 1.54) is 11.8 Å². The predicted octanol–water partition coefficient (Wildman–Crippen LogP) is 5.66. The van der Waals surface area contributed by atoms with Crippen molar-refractivity contribution in [3.05, 3.63) is 65.5 Å². The number of benzene rings is 2. The average molecular weight is 426 g/mol. The number of carbonyl (C=O) groups excluding carboxylic acids is 1. The molecule has 2 rings (SSSR count). The molecule has 0 saturated heterocycles. The number of thiocarbonyl (C=S) groups is 1. The molecule has 0 aliphatic carbocycles. The number of hydrogen-bond donors (Lipinski definition) is 1. The number of halogens is 4. The van der Waals surface area contributed by atoms with E-state index in [2.05, 4.69) is 5.32 Å². The van der Waals surface area contributed by atoms with Crippen molar-refractivity contribution in [3.8, 4) is 0 Å². The summed E-state index contributed by atoms with van der Waals surface area (Å²) in [5.74, 6) is -1.27. The molecule has 0 aromatic heterocycles. The SMILES string of the molecule is CC(=O)N(Cc1ccccc1)C(C(=S)Nc1cc(C(F)(F)F)ccc1F)C(C)C. The number of alkyl halides is 3. The fraction of sp³-hybridized carbons (Fsp3) is 0.333. The number of rotatable bonds is 6. The van der Waals surface area contributed by atoms with E-state index in [4.69, 9.17) is 12.2 Å². The van der Waals surface area contributed by atoms with Gasteiger partial charge < -0.3 is 10.2 Å². The predicted molar refractivity (Wildman–Crippen MR) is 109 cm³/mol. The zero-order chi connectivity index (χ0) is 21.8. The minimum absolute atomic E-state index is 0.0735. The maximum Gasteiger partial charge on any atom is 0.416 e. The molecule has 0 saturated carbocycles. The van der Waals surface area contributed by atoms with Crippen LogP contribution in [0.3, 0.4) is 0 Å². The number of amides is 1. The maximum atomic E-state index is 14.1. The van der Waals surface area contributed by atoms with Crippen LogP contribution in [0.2, 0.25) is 0 Å². The van der Waals surface area contributed by atoms with Gasteiger partial charge in [0.1, 0.15) is 10.8 Å². The first-order valence-electron chi connectivity index (χ1n) is 8.99. The molecule has 0 aliphatic heterocycles. The monoisotopic (exact) mass is 426 g/mol. The summed E-state index contributed by atoms with van der Waals surface area (Å²) < 4.78 is 53.0. The van der Waals surface area contributed by atoms with Crippen LogP contribution in [-0.2, 0) is 17.5 Å². The second-order valence-corrected chi connectivity index (χ2v) is 7.44. The Morgan fingerprint density at radius 2 is 1.76 bits per heavy atom. The van der Waals surface area contributed by atoms with Gasteiger partial charge in [-0.25, -0.2) is 4.39 Å². The molecule has 156 valence electrons. The van der Waals surface area contributed by atoms with Gasteiger partial charge in [-0.2, -0.15) is 13.2 Å². The van der Waals surface area contributed by atoms with Gasteiger partial charge in [0.15, 0.2) is 0 Å². The van der Waals surface area contributed by atoms with E-state index < -0.39 is 23.6 Å². The lowest BCUT2D eigenvalue weighted by molar-refractivity contribution is -0.137. The highest BCUT2D eigenvalue weighted by Gasteiger charge is 2.32. The van der Waals surface area contributed by atoms with Gasteiger partial charge in [-0.1, -0.05) is 56.4 Å².